The molecule has 6 nitrogen and oxygen atoms in total. The van der Waals surface area contributed by atoms with Crippen LogP contribution in [0.2, 0.25) is 10.0 Å². The Bertz CT molecular complexity index is 1090. The molecule has 1 saturated heterocycles. The average molecular weight is 509 g/mol. The first kappa shape index (κ1) is 24.1. The van der Waals surface area contributed by atoms with Crippen LogP contribution in [0.3, 0.4) is 0 Å². The van der Waals surface area contributed by atoms with E-state index in [0.29, 0.717) is 15.9 Å². The van der Waals surface area contributed by atoms with E-state index in [4.69, 9.17) is 33.0 Å². The lowest BCUT2D eigenvalue weighted by molar-refractivity contribution is 0.163. The standard InChI is InChI=1S/C24H27Cl2N5O.ClH/c1-16(2)31-22(24(10-11-24)17-6-4-3-5-7-17)28-29-23(31)30-12-8-19(9-13-30)32-21-20(26)14-18(25)15-27-21;/h3-7,14-16,19H,8-13H2,1-2H3;1H. The summed E-state index contributed by atoms with van der Waals surface area (Å²) in [6.07, 6.45) is 5.59. The Hall–Kier alpha value is -2.02. The topological polar surface area (TPSA) is 56.1 Å². The lowest BCUT2D eigenvalue weighted by Gasteiger charge is -2.33. The summed E-state index contributed by atoms with van der Waals surface area (Å²) >= 11 is 12.2. The van der Waals surface area contributed by atoms with Crippen molar-refractivity contribution in [2.45, 2.75) is 57.1 Å². The summed E-state index contributed by atoms with van der Waals surface area (Å²) in [5, 5.41) is 10.4. The predicted molar refractivity (Wildman–Crippen MR) is 134 cm³/mol. The predicted octanol–water partition coefficient (Wildman–Crippen LogP) is 6.11. The van der Waals surface area contributed by atoms with Gasteiger partial charge in [-0.05, 0) is 38.3 Å². The number of ether oxygens (including phenoxy) is 1. The fourth-order valence-electron chi connectivity index (χ4n) is 4.64. The molecule has 5 rings (SSSR count). The van der Waals surface area contributed by atoms with Gasteiger partial charge in [0.25, 0.3) is 0 Å². The zero-order valence-electron chi connectivity index (χ0n) is 18.7. The van der Waals surface area contributed by atoms with Crippen molar-refractivity contribution in [2.75, 3.05) is 18.0 Å². The highest BCUT2D eigenvalue weighted by atomic mass is 35.5. The van der Waals surface area contributed by atoms with E-state index in [1.165, 1.54) is 5.56 Å². The minimum atomic E-state index is -0.00475. The van der Waals surface area contributed by atoms with Crippen molar-refractivity contribution < 1.29 is 4.74 Å². The van der Waals surface area contributed by atoms with Gasteiger partial charge in [-0.2, -0.15) is 0 Å². The van der Waals surface area contributed by atoms with Crippen LogP contribution in [0, 0.1) is 0 Å². The number of nitrogens with zero attached hydrogens (tertiary/aromatic N) is 5. The van der Waals surface area contributed by atoms with E-state index in [1.807, 2.05) is 0 Å². The van der Waals surface area contributed by atoms with Gasteiger partial charge in [0.15, 0.2) is 0 Å². The molecule has 9 heteroatoms. The van der Waals surface area contributed by atoms with Gasteiger partial charge in [-0.1, -0.05) is 53.5 Å². The number of anilines is 1. The average Bonchev–Trinajstić information content (AvgIpc) is 3.48. The van der Waals surface area contributed by atoms with Gasteiger partial charge in [-0.3, -0.25) is 4.57 Å². The van der Waals surface area contributed by atoms with E-state index in [0.717, 1.165) is 50.5 Å². The van der Waals surface area contributed by atoms with Crippen molar-refractivity contribution in [3.05, 3.63) is 64.0 Å². The van der Waals surface area contributed by atoms with Gasteiger partial charge < -0.3 is 9.64 Å². The molecule has 2 aromatic heterocycles. The molecule has 0 radical (unpaired) electrons. The first-order chi connectivity index (χ1) is 15.5. The fraction of sp³-hybridized carbons (Fsp3) is 0.458. The van der Waals surface area contributed by atoms with E-state index in [-0.39, 0.29) is 30.0 Å². The molecule has 1 aliphatic heterocycles. The number of benzene rings is 1. The molecule has 1 aliphatic carbocycles. The Labute approximate surface area is 210 Å². The number of hydrogen-bond acceptors (Lipinski definition) is 5. The van der Waals surface area contributed by atoms with Crippen molar-refractivity contribution >= 4 is 41.6 Å². The summed E-state index contributed by atoms with van der Waals surface area (Å²) in [5.41, 5.74) is 1.33. The molecule has 2 aliphatic rings. The fourth-order valence-corrected chi connectivity index (χ4v) is 5.07. The van der Waals surface area contributed by atoms with Crippen molar-refractivity contribution in [3.63, 3.8) is 0 Å². The second-order valence-corrected chi connectivity index (χ2v) is 9.82. The zero-order chi connectivity index (χ0) is 22.3. The quantitative estimate of drug-likeness (QED) is 0.402. The molecule has 0 bridgehead atoms. The third-order valence-corrected chi connectivity index (χ3v) is 6.95. The summed E-state index contributed by atoms with van der Waals surface area (Å²) < 4.78 is 8.39. The number of rotatable bonds is 6. The number of halogens is 3. The molecule has 0 N–H and O–H groups in total. The maximum atomic E-state index is 6.23. The SMILES string of the molecule is CC(C)n1c(N2CCC(Oc3ncc(Cl)cc3Cl)CC2)nnc1C1(c2ccccc2)CC1.Cl. The van der Waals surface area contributed by atoms with Crippen LogP contribution in [0.15, 0.2) is 42.6 Å². The Morgan fingerprint density at radius 2 is 1.76 bits per heavy atom. The van der Waals surface area contributed by atoms with Gasteiger partial charge >= 0.3 is 0 Å². The lowest BCUT2D eigenvalue weighted by Crippen LogP contribution is -2.40. The molecular formula is C24H28Cl3N5O. The number of aromatic nitrogens is 4. The van der Waals surface area contributed by atoms with Crippen LogP contribution in [-0.4, -0.2) is 38.9 Å². The third kappa shape index (κ3) is 4.66. The van der Waals surface area contributed by atoms with Crippen molar-refractivity contribution in [1.29, 1.82) is 0 Å². The third-order valence-electron chi connectivity index (χ3n) is 6.48. The Morgan fingerprint density at radius 1 is 1.06 bits per heavy atom. The molecular weight excluding hydrogens is 481 g/mol. The molecule has 1 aromatic carbocycles. The second-order valence-electron chi connectivity index (χ2n) is 8.98. The monoisotopic (exact) mass is 507 g/mol. The second kappa shape index (κ2) is 9.69. The molecule has 0 amide bonds. The van der Waals surface area contributed by atoms with Crippen LogP contribution in [0.1, 0.15) is 57.0 Å². The van der Waals surface area contributed by atoms with E-state index in [2.05, 4.69) is 63.7 Å². The Morgan fingerprint density at radius 3 is 2.36 bits per heavy atom. The van der Waals surface area contributed by atoms with Crippen molar-refractivity contribution in [1.82, 2.24) is 19.7 Å². The van der Waals surface area contributed by atoms with Crippen LogP contribution in [0.4, 0.5) is 5.95 Å². The van der Waals surface area contributed by atoms with Crippen LogP contribution in [-0.2, 0) is 5.41 Å². The van der Waals surface area contributed by atoms with Crippen LogP contribution < -0.4 is 9.64 Å². The highest BCUT2D eigenvalue weighted by Crippen LogP contribution is 2.53. The molecule has 3 heterocycles. The van der Waals surface area contributed by atoms with Gasteiger partial charge in [0.1, 0.15) is 17.0 Å². The lowest BCUT2D eigenvalue weighted by atomic mass is 9.95. The number of piperidine rings is 1. The van der Waals surface area contributed by atoms with Gasteiger partial charge in [0.2, 0.25) is 11.8 Å². The van der Waals surface area contributed by atoms with E-state index in [1.54, 1.807) is 12.3 Å². The maximum absolute atomic E-state index is 6.23. The maximum Gasteiger partial charge on any atom is 0.232 e. The first-order valence-electron chi connectivity index (χ1n) is 11.2. The first-order valence-corrected chi connectivity index (χ1v) is 12.0. The Balaban J connectivity index is 0.00000259. The molecule has 33 heavy (non-hydrogen) atoms. The smallest absolute Gasteiger partial charge is 0.232 e. The summed E-state index contributed by atoms with van der Waals surface area (Å²) in [6, 6.07) is 12.7. The van der Waals surface area contributed by atoms with Gasteiger partial charge in [0, 0.05) is 38.2 Å². The molecule has 0 unspecified atom stereocenters. The molecule has 0 spiro atoms. The Kier molecular flexibility index (Phi) is 7.08. The summed E-state index contributed by atoms with van der Waals surface area (Å²) in [6.45, 7) is 6.11. The minimum Gasteiger partial charge on any atom is -0.473 e. The summed E-state index contributed by atoms with van der Waals surface area (Å²) in [7, 11) is 0. The summed E-state index contributed by atoms with van der Waals surface area (Å²) in [5.74, 6) is 2.49. The van der Waals surface area contributed by atoms with Crippen LogP contribution >= 0.6 is 35.6 Å². The minimum absolute atomic E-state index is 0. The number of pyridine rings is 1. The van der Waals surface area contributed by atoms with Crippen molar-refractivity contribution in [2.24, 2.45) is 0 Å². The molecule has 176 valence electrons. The van der Waals surface area contributed by atoms with Gasteiger partial charge in [-0.25, -0.2) is 4.98 Å². The zero-order valence-corrected chi connectivity index (χ0v) is 21.1. The van der Waals surface area contributed by atoms with Crippen LogP contribution in [0.25, 0.3) is 0 Å². The van der Waals surface area contributed by atoms with Crippen LogP contribution in [0.5, 0.6) is 5.88 Å². The van der Waals surface area contributed by atoms with E-state index in [9.17, 15) is 0 Å². The molecule has 1 saturated carbocycles. The normalized spacial score (nSPS) is 17.7. The molecule has 3 aromatic rings. The molecule has 2 fully saturated rings. The largest absolute Gasteiger partial charge is 0.473 e. The van der Waals surface area contributed by atoms with E-state index >= 15 is 0 Å². The number of hydrogen-bond donors (Lipinski definition) is 0. The summed E-state index contributed by atoms with van der Waals surface area (Å²) in [4.78, 5) is 6.55. The van der Waals surface area contributed by atoms with E-state index < -0.39 is 0 Å². The highest BCUT2D eigenvalue weighted by Gasteiger charge is 2.50. The van der Waals surface area contributed by atoms with Gasteiger partial charge in [-0.15, -0.1) is 22.6 Å². The highest BCUT2D eigenvalue weighted by molar-refractivity contribution is 6.35. The van der Waals surface area contributed by atoms with Gasteiger partial charge in [0.05, 0.1) is 10.4 Å². The van der Waals surface area contributed by atoms with Crippen molar-refractivity contribution in [3.8, 4) is 5.88 Å². The molecule has 0 atom stereocenters.